The summed E-state index contributed by atoms with van der Waals surface area (Å²) < 4.78 is 1.79. The van der Waals surface area contributed by atoms with Crippen molar-refractivity contribution in [2.75, 3.05) is 6.61 Å². The smallest absolute Gasteiger partial charge is 0.103 e. The molecule has 2 rings (SSSR count). The first-order chi connectivity index (χ1) is 10.0. The lowest BCUT2D eigenvalue weighted by Crippen LogP contribution is -2.30. The van der Waals surface area contributed by atoms with Crippen LogP contribution in [-0.4, -0.2) is 32.7 Å². The summed E-state index contributed by atoms with van der Waals surface area (Å²) in [7, 11) is 0. The van der Waals surface area contributed by atoms with Gasteiger partial charge in [-0.15, -0.1) is 5.10 Å². The largest absolute Gasteiger partial charge is 0.396 e. The van der Waals surface area contributed by atoms with Crippen LogP contribution in [0.25, 0.3) is 5.69 Å². The van der Waals surface area contributed by atoms with Crippen LogP contribution < -0.4 is 5.32 Å². The van der Waals surface area contributed by atoms with Crippen molar-refractivity contribution in [1.29, 1.82) is 0 Å². The summed E-state index contributed by atoms with van der Waals surface area (Å²) in [5.41, 5.74) is 2.78. The first-order valence-corrected chi connectivity index (χ1v) is 7.45. The number of nitrogens with zero attached hydrogens (tertiary/aromatic N) is 3. The van der Waals surface area contributed by atoms with Gasteiger partial charge in [-0.25, -0.2) is 4.68 Å². The van der Waals surface area contributed by atoms with E-state index in [1.807, 2.05) is 45.0 Å². The number of nitrogens with one attached hydrogen (secondary N) is 1. The van der Waals surface area contributed by atoms with E-state index < -0.39 is 0 Å². The van der Waals surface area contributed by atoms with Gasteiger partial charge in [-0.05, 0) is 45.4 Å². The summed E-state index contributed by atoms with van der Waals surface area (Å²) in [6.45, 7) is 6.26. The van der Waals surface area contributed by atoms with E-state index in [0.29, 0.717) is 11.4 Å². The molecule has 0 amide bonds. The average molecular weight is 309 g/mol. The number of halogens is 1. The highest BCUT2D eigenvalue weighted by Gasteiger charge is 2.17. The minimum Gasteiger partial charge on any atom is -0.396 e. The van der Waals surface area contributed by atoms with Gasteiger partial charge in [0.15, 0.2) is 0 Å². The van der Waals surface area contributed by atoms with Crippen molar-refractivity contribution in [3.8, 4) is 5.69 Å². The normalized spacial score (nSPS) is 14.1. The molecule has 2 aromatic rings. The van der Waals surface area contributed by atoms with Gasteiger partial charge in [-0.1, -0.05) is 22.9 Å². The van der Waals surface area contributed by atoms with Crippen molar-refractivity contribution in [2.24, 2.45) is 0 Å². The first-order valence-electron chi connectivity index (χ1n) is 7.08. The molecular formula is C15H21ClN4O. The summed E-state index contributed by atoms with van der Waals surface area (Å²) in [5, 5.41) is 21.6. The number of benzene rings is 1. The fourth-order valence-corrected chi connectivity index (χ4v) is 2.56. The minimum absolute atomic E-state index is 0.0690. The van der Waals surface area contributed by atoms with Gasteiger partial charge < -0.3 is 10.4 Å². The summed E-state index contributed by atoms with van der Waals surface area (Å²) in [4.78, 5) is 0. The molecule has 0 saturated heterocycles. The molecule has 6 heteroatoms. The van der Waals surface area contributed by atoms with Gasteiger partial charge >= 0.3 is 0 Å². The zero-order valence-corrected chi connectivity index (χ0v) is 13.3. The topological polar surface area (TPSA) is 63.0 Å². The minimum atomic E-state index is 0.0690. The second-order valence-corrected chi connectivity index (χ2v) is 5.69. The van der Waals surface area contributed by atoms with Crippen LogP contribution in [0, 0.1) is 6.92 Å². The lowest BCUT2D eigenvalue weighted by molar-refractivity contribution is 0.264. The highest BCUT2D eigenvalue weighted by Crippen LogP contribution is 2.20. The summed E-state index contributed by atoms with van der Waals surface area (Å²) in [6, 6.07) is 7.83. The molecule has 21 heavy (non-hydrogen) atoms. The van der Waals surface area contributed by atoms with Crippen molar-refractivity contribution >= 4 is 11.6 Å². The molecule has 5 nitrogen and oxygen atoms in total. The molecular weight excluding hydrogens is 288 g/mol. The van der Waals surface area contributed by atoms with Crippen molar-refractivity contribution in [3.05, 3.63) is 40.7 Å². The van der Waals surface area contributed by atoms with Crippen LogP contribution in [0.1, 0.15) is 37.7 Å². The molecule has 0 aliphatic carbocycles. The Labute approximate surface area is 129 Å². The Morgan fingerprint density at radius 1 is 1.38 bits per heavy atom. The maximum Gasteiger partial charge on any atom is 0.103 e. The third-order valence-corrected chi connectivity index (χ3v) is 3.72. The van der Waals surface area contributed by atoms with E-state index in [-0.39, 0.29) is 18.7 Å². The summed E-state index contributed by atoms with van der Waals surface area (Å²) in [6.07, 6.45) is 0.714. The van der Waals surface area contributed by atoms with E-state index in [1.54, 1.807) is 4.68 Å². The molecule has 114 valence electrons. The van der Waals surface area contributed by atoms with Gasteiger partial charge in [-0.3, -0.25) is 0 Å². The van der Waals surface area contributed by atoms with Crippen LogP contribution in [-0.2, 0) is 0 Å². The second-order valence-electron chi connectivity index (χ2n) is 5.25. The van der Waals surface area contributed by atoms with Gasteiger partial charge in [0.05, 0.1) is 17.4 Å². The number of hydrogen-bond acceptors (Lipinski definition) is 4. The molecule has 0 fully saturated rings. The van der Waals surface area contributed by atoms with Crippen LogP contribution in [0.4, 0.5) is 0 Å². The van der Waals surface area contributed by atoms with Gasteiger partial charge in [-0.2, -0.15) is 0 Å². The molecule has 0 aliphatic heterocycles. The molecule has 1 heterocycles. The fraction of sp³-hybridized carbons (Fsp3) is 0.467. The van der Waals surface area contributed by atoms with Crippen LogP contribution >= 0.6 is 11.6 Å². The maximum absolute atomic E-state index is 8.97. The molecule has 1 unspecified atom stereocenters. The van der Waals surface area contributed by atoms with Gasteiger partial charge in [0, 0.05) is 17.7 Å². The molecule has 0 spiro atoms. The standard InChI is InChI=1S/C15H21ClN4O/c1-10(7-8-21)17-11(2)15-12(3)20(19-18-15)14-6-4-5-13(16)9-14/h4-6,9-11,17,21H,7-8H2,1-3H3/t10-,11?/m1/s1. The van der Waals surface area contributed by atoms with Gasteiger partial charge in [0.25, 0.3) is 0 Å². The molecule has 0 bridgehead atoms. The number of rotatable bonds is 6. The molecule has 1 aromatic heterocycles. The fourth-order valence-electron chi connectivity index (χ4n) is 2.38. The van der Waals surface area contributed by atoms with Gasteiger partial charge in [0.2, 0.25) is 0 Å². The van der Waals surface area contributed by atoms with E-state index in [0.717, 1.165) is 17.1 Å². The quantitative estimate of drug-likeness (QED) is 0.861. The Morgan fingerprint density at radius 2 is 2.14 bits per heavy atom. The number of hydrogen-bond donors (Lipinski definition) is 2. The number of aliphatic hydroxyl groups is 1. The highest BCUT2D eigenvalue weighted by molar-refractivity contribution is 6.30. The Bertz CT molecular complexity index is 599. The predicted octanol–water partition coefficient (Wildman–Crippen LogP) is 2.65. The Morgan fingerprint density at radius 3 is 2.81 bits per heavy atom. The average Bonchev–Trinajstić information content (AvgIpc) is 2.81. The maximum atomic E-state index is 8.97. The lowest BCUT2D eigenvalue weighted by atomic mass is 10.1. The third-order valence-electron chi connectivity index (χ3n) is 3.49. The van der Waals surface area contributed by atoms with Crippen LogP contribution in [0.2, 0.25) is 5.02 Å². The summed E-state index contributed by atoms with van der Waals surface area (Å²) >= 11 is 6.02. The van der Waals surface area contributed by atoms with Crippen molar-refractivity contribution in [3.63, 3.8) is 0 Å². The van der Waals surface area contributed by atoms with Crippen molar-refractivity contribution in [1.82, 2.24) is 20.3 Å². The lowest BCUT2D eigenvalue weighted by Gasteiger charge is -2.18. The second kappa shape index (κ2) is 7.02. The third kappa shape index (κ3) is 3.81. The molecule has 2 N–H and O–H groups in total. The van der Waals surface area contributed by atoms with Crippen LogP contribution in [0.3, 0.4) is 0 Å². The molecule has 1 aromatic carbocycles. The molecule has 0 aliphatic rings. The molecule has 2 atom stereocenters. The zero-order chi connectivity index (χ0) is 15.4. The van der Waals surface area contributed by atoms with Crippen molar-refractivity contribution < 1.29 is 5.11 Å². The Hall–Kier alpha value is -1.43. The Kier molecular flexibility index (Phi) is 5.33. The van der Waals surface area contributed by atoms with Crippen LogP contribution in [0.5, 0.6) is 0 Å². The molecule has 0 saturated carbocycles. The Balaban J connectivity index is 2.20. The van der Waals surface area contributed by atoms with E-state index in [9.17, 15) is 0 Å². The van der Waals surface area contributed by atoms with E-state index in [2.05, 4.69) is 15.6 Å². The summed E-state index contributed by atoms with van der Waals surface area (Å²) in [5.74, 6) is 0. The number of aromatic nitrogens is 3. The van der Waals surface area contributed by atoms with Crippen LogP contribution in [0.15, 0.2) is 24.3 Å². The predicted molar refractivity (Wildman–Crippen MR) is 83.8 cm³/mol. The van der Waals surface area contributed by atoms with E-state index in [1.165, 1.54) is 0 Å². The van der Waals surface area contributed by atoms with E-state index >= 15 is 0 Å². The first kappa shape index (κ1) is 15.9. The highest BCUT2D eigenvalue weighted by atomic mass is 35.5. The van der Waals surface area contributed by atoms with E-state index in [4.69, 9.17) is 16.7 Å². The molecule has 0 radical (unpaired) electrons. The number of aliphatic hydroxyl groups excluding tert-OH is 1. The van der Waals surface area contributed by atoms with Gasteiger partial charge in [0.1, 0.15) is 5.69 Å². The van der Waals surface area contributed by atoms with Crippen molar-refractivity contribution in [2.45, 2.75) is 39.3 Å². The SMILES string of the molecule is Cc1c(C(C)N[C@H](C)CCO)nnn1-c1cccc(Cl)c1. The monoisotopic (exact) mass is 308 g/mol. The zero-order valence-electron chi connectivity index (χ0n) is 12.5.